The summed E-state index contributed by atoms with van der Waals surface area (Å²) < 4.78 is 0. The van der Waals surface area contributed by atoms with Crippen molar-refractivity contribution in [3.05, 3.63) is 108 Å². The van der Waals surface area contributed by atoms with E-state index in [0.717, 1.165) is 0 Å². The average molecular weight is 1150 g/mol. The third-order valence-corrected chi connectivity index (χ3v) is 14.7. The summed E-state index contributed by atoms with van der Waals surface area (Å²) in [5, 5.41) is 46.6. The molecule has 3 heterocycles. The van der Waals surface area contributed by atoms with Crippen LogP contribution >= 0.6 is 0 Å². The van der Waals surface area contributed by atoms with Crippen LogP contribution < -0.4 is 49.1 Å². The fraction of sp³-hybridized carbons (Fsp3) is 0.456. The monoisotopic (exact) mass is 1150 g/mol. The number of nitrogens with two attached hydrogens (primary N) is 3. The van der Waals surface area contributed by atoms with E-state index in [-0.39, 0.29) is 75.6 Å². The van der Waals surface area contributed by atoms with E-state index >= 15 is 9.59 Å². The fourth-order valence-electron chi connectivity index (χ4n) is 10.1. The van der Waals surface area contributed by atoms with Crippen LogP contribution in [0.25, 0.3) is 0 Å². The zero-order valence-electron chi connectivity index (χ0n) is 46.9. The summed E-state index contributed by atoms with van der Waals surface area (Å²) in [6.07, 6.45) is 3.35. The first-order chi connectivity index (χ1) is 39.5. The van der Waals surface area contributed by atoms with E-state index in [9.17, 15) is 48.9 Å². The maximum atomic E-state index is 15.4. The van der Waals surface area contributed by atoms with E-state index in [1.807, 2.05) is 6.92 Å². The average Bonchev–Trinajstić information content (AvgIpc) is 4.28. The number of phenolic OH excluding ortho intramolecular Hbond substituents is 1. The number of guanidine groups is 1. The Morgan fingerprint density at radius 2 is 1.53 bits per heavy atom. The highest BCUT2D eigenvalue weighted by atomic mass is 16.4. The molecule has 1 saturated heterocycles. The predicted octanol–water partition coefficient (Wildman–Crippen LogP) is 0.846. The molecule has 2 aliphatic rings. The number of aromatic amines is 1. The van der Waals surface area contributed by atoms with Gasteiger partial charge in [0.1, 0.15) is 48.0 Å². The maximum Gasteiger partial charge on any atom is 0.326 e. The number of nitrogens with zero attached hydrogens (tertiary/aromatic N) is 4. The number of carboxylic acids is 2. The van der Waals surface area contributed by atoms with E-state index in [0.29, 0.717) is 40.9 Å². The van der Waals surface area contributed by atoms with Crippen LogP contribution in [0.5, 0.6) is 5.75 Å². The molecule has 3 aromatic carbocycles. The summed E-state index contributed by atoms with van der Waals surface area (Å²) in [5.41, 5.74) is 19.5. The lowest BCUT2D eigenvalue weighted by molar-refractivity contribution is -0.147. The molecule has 0 spiro atoms. The lowest BCUT2D eigenvalue weighted by Crippen LogP contribution is -2.60. The Hall–Kier alpha value is -9.07. The Labute approximate surface area is 480 Å². The number of nitrogens with one attached hydrogen (secondary N) is 7. The van der Waals surface area contributed by atoms with E-state index in [1.165, 1.54) is 34.5 Å². The van der Waals surface area contributed by atoms with Crippen LogP contribution in [0, 0.1) is 11.8 Å². The van der Waals surface area contributed by atoms with Gasteiger partial charge in [0.15, 0.2) is 5.96 Å². The van der Waals surface area contributed by atoms with Gasteiger partial charge in [0, 0.05) is 50.8 Å². The van der Waals surface area contributed by atoms with E-state index in [1.54, 1.807) is 81.4 Å². The minimum Gasteiger partial charge on any atom is -0.508 e. The molecule has 1 aromatic heterocycles. The number of likely N-dealkylation sites (tertiary alicyclic amines) is 1. The maximum absolute atomic E-state index is 15.4. The van der Waals surface area contributed by atoms with Gasteiger partial charge in [-0.15, -0.1) is 0 Å². The normalized spacial score (nSPS) is 17.4. The first-order valence-corrected chi connectivity index (χ1v) is 27.6. The molecular formula is C57H76N14O12. The number of anilines is 2. The molecule has 0 saturated carbocycles. The van der Waals surface area contributed by atoms with Gasteiger partial charge in [-0.05, 0) is 72.4 Å². The number of aliphatic carboxylic acids is 2. The Balaban J connectivity index is 1.30. The number of hydrogen-bond donors (Lipinski definition) is 13. The number of para-hydroxylation sites is 1. The van der Waals surface area contributed by atoms with Gasteiger partial charge in [-0.1, -0.05) is 88.7 Å². The number of phenols is 1. The number of aliphatic imine (C=N–C) groups is 1. The summed E-state index contributed by atoms with van der Waals surface area (Å²) in [6, 6.07) is 9.98. The first-order valence-electron chi connectivity index (χ1n) is 27.6. The molecule has 7 amide bonds. The molecule has 26 heteroatoms. The molecule has 6 rings (SSSR count). The lowest BCUT2D eigenvalue weighted by Gasteiger charge is -2.36. The highest BCUT2D eigenvalue weighted by Crippen LogP contribution is 2.34. The molecule has 4 aromatic rings. The topological polar surface area (TPSA) is 412 Å². The first kappa shape index (κ1) is 63.1. The van der Waals surface area contributed by atoms with E-state index in [4.69, 9.17) is 17.2 Å². The van der Waals surface area contributed by atoms with Gasteiger partial charge in [0.25, 0.3) is 0 Å². The number of benzene rings is 3. The van der Waals surface area contributed by atoms with Crippen molar-refractivity contribution >= 4 is 70.6 Å². The molecule has 0 radical (unpaired) electrons. The van der Waals surface area contributed by atoms with E-state index < -0.39 is 120 Å². The van der Waals surface area contributed by atoms with Gasteiger partial charge < -0.3 is 79.2 Å². The Kier molecular flexibility index (Phi) is 22.5. The van der Waals surface area contributed by atoms with Gasteiger partial charge in [-0.3, -0.25) is 43.3 Å². The summed E-state index contributed by atoms with van der Waals surface area (Å²) in [5.74, 6) is -8.73. The van der Waals surface area contributed by atoms with Crippen molar-refractivity contribution in [1.82, 2.24) is 41.0 Å². The van der Waals surface area contributed by atoms with Crippen molar-refractivity contribution in [3.8, 4) is 5.75 Å². The molecule has 0 aliphatic carbocycles. The molecule has 2 aliphatic heterocycles. The standard InChI is InChI=1S/C57H76N14O12/c1-5-32(4)48(53(79)67-42(26-36-28-61-30-63-36)54(80)70-23-11-17-44(70)51(77)68-43(56(82)83)25-33-12-7-6-8-13-33)71-29-35-14-9-15-39(47(35)64-41(55(71)81)24-34-18-20-37(72)21-19-34)65-52(78)46(31(2)3)69-50(76)40(16-10-22-62-57(59)60)66-49(75)38(58)27-45(73)74/h6-9,12-15,18-21,28,30-32,38,40-44,46,48,64,72H,5,10-11,16-17,22-27,29,58H2,1-4H3,(H,61,63)(H,65,78)(H,66,75)(H,67,79)(H,68,77)(H,69,76)(H,73,74)(H,82,83)(H4,59,60,62)/t32-,38-,40-,41-,42-,43-,44-,46-,48-/m0/s1. The van der Waals surface area contributed by atoms with Crippen molar-refractivity contribution in [2.45, 2.75) is 140 Å². The largest absolute Gasteiger partial charge is 0.508 e. The number of fused-ring (bicyclic) bond motifs is 1. The van der Waals surface area contributed by atoms with Crippen LogP contribution in [0.2, 0.25) is 0 Å². The summed E-state index contributed by atoms with van der Waals surface area (Å²) >= 11 is 0. The molecule has 1 fully saturated rings. The van der Waals surface area contributed by atoms with Crippen molar-refractivity contribution < 1.29 is 58.5 Å². The van der Waals surface area contributed by atoms with Crippen molar-refractivity contribution in [2.75, 3.05) is 23.7 Å². The molecular weight excluding hydrogens is 1070 g/mol. The Bertz CT molecular complexity index is 2960. The number of carbonyl (C=O) groups is 9. The fourth-order valence-corrected chi connectivity index (χ4v) is 10.1. The molecule has 446 valence electrons. The van der Waals surface area contributed by atoms with Crippen LogP contribution in [-0.4, -0.2) is 156 Å². The number of carbonyl (C=O) groups excluding carboxylic acids is 7. The lowest BCUT2D eigenvalue weighted by atomic mass is 9.94. The number of imidazole rings is 1. The third kappa shape index (κ3) is 17.5. The molecule has 9 atom stereocenters. The zero-order chi connectivity index (χ0) is 60.5. The second-order valence-corrected chi connectivity index (χ2v) is 21.3. The second-order valence-electron chi connectivity index (χ2n) is 21.3. The van der Waals surface area contributed by atoms with Gasteiger partial charge >= 0.3 is 11.9 Å². The van der Waals surface area contributed by atoms with Gasteiger partial charge in [-0.2, -0.15) is 0 Å². The number of H-pyrrole nitrogens is 1. The molecule has 16 N–H and O–H groups in total. The molecule has 83 heavy (non-hydrogen) atoms. The summed E-state index contributed by atoms with van der Waals surface area (Å²) in [6.45, 7) is 7.06. The highest BCUT2D eigenvalue weighted by Gasteiger charge is 2.44. The van der Waals surface area contributed by atoms with Crippen molar-refractivity contribution in [3.63, 3.8) is 0 Å². The van der Waals surface area contributed by atoms with Crippen LogP contribution in [0.4, 0.5) is 11.4 Å². The highest BCUT2D eigenvalue weighted by molar-refractivity contribution is 6.02. The van der Waals surface area contributed by atoms with Crippen LogP contribution in [0.1, 0.15) is 88.6 Å². The quantitative estimate of drug-likeness (QED) is 0.0213. The second kappa shape index (κ2) is 29.6. The smallest absolute Gasteiger partial charge is 0.326 e. The number of aromatic nitrogens is 2. The van der Waals surface area contributed by atoms with Gasteiger partial charge in [0.2, 0.25) is 41.4 Å². The SMILES string of the molecule is CC[C@H](C)[C@@H](C(=O)N[C@@H](Cc1cnc[nH]1)C(=O)N1CCC[C@H]1C(=O)N[C@@H](Cc1ccccc1)C(=O)O)N1Cc2cccc(NC(=O)[C@@H](NC(=O)[C@H](CCCN=C(N)N)NC(=O)[C@@H](N)CC(=O)O)C(C)C)c2N[C@@H](Cc2ccc(O)cc2)C1=O. The zero-order valence-corrected chi connectivity index (χ0v) is 46.9. The van der Waals surface area contributed by atoms with Gasteiger partial charge in [-0.25, -0.2) is 9.78 Å². The van der Waals surface area contributed by atoms with Crippen LogP contribution in [0.15, 0.2) is 90.3 Å². The number of aromatic hydroxyl groups is 1. The Morgan fingerprint density at radius 3 is 2.17 bits per heavy atom. The minimum atomic E-state index is -1.49. The number of amides is 7. The number of rotatable bonds is 28. The number of carboxylic acid groups (broad SMARTS) is 2. The van der Waals surface area contributed by atoms with E-state index in [2.05, 4.69) is 46.9 Å². The van der Waals surface area contributed by atoms with Gasteiger partial charge in [0.05, 0.1) is 30.2 Å². The molecule has 0 unspecified atom stereocenters. The summed E-state index contributed by atoms with van der Waals surface area (Å²) in [7, 11) is 0. The minimum absolute atomic E-state index is 0.00310. The third-order valence-electron chi connectivity index (χ3n) is 14.7. The summed E-state index contributed by atoms with van der Waals surface area (Å²) in [4.78, 5) is 138. The van der Waals surface area contributed by atoms with Crippen LogP contribution in [-0.2, 0) is 69.0 Å². The van der Waals surface area contributed by atoms with Crippen LogP contribution in [0.3, 0.4) is 0 Å². The van der Waals surface area contributed by atoms with Crippen molar-refractivity contribution in [2.24, 2.45) is 34.0 Å². The molecule has 26 nitrogen and oxygen atoms in total. The Morgan fingerprint density at radius 1 is 0.819 bits per heavy atom. The molecule has 0 bridgehead atoms. The number of hydrogen-bond acceptors (Lipinski definition) is 14. The van der Waals surface area contributed by atoms with Crippen molar-refractivity contribution in [1.29, 1.82) is 0 Å². The predicted molar refractivity (Wildman–Crippen MR) is 306 cm³/mol.